The smallest absolute Gasteiger partial charge is 0.356 e. The molecule has 0 unspecified atom stereocenters. The Kier molecular flexibility index (Phi) is 7.43. The van der Waals surface area contributed by atoms with Gasteiger partial charge in [-0.05, 0) is 76.4 Å². The number of fused-ring (bicyclic) bond motifs is 1. The topological polar surface area (TPSA) is 158 Å². The number of ether oxygens (including phenoxy) is 3. The van der Waals surface area contributed by atoms with Crippen LogP contribution >= 0.6 is 0 Å². The molecule has 1 fully saturated rings. The van der Waals surface area contributed by atoms with E-state index in [-0.39, 0.29) is 52.9 Å². The van der Waals surface area contributed by atoms with Crippen molar-refractivity contribution < 1.29 is 37.3 Å². The number of anilines is 1. The zero-order chi connectivity index (χ0) is 29.5. The highest BCUT2D eigenvalue weighted by molar-refractivity contribution is 7.89. The fourth-order valence-corrected chi connectivity index (χ4v) is 5.63. The zero-order valence-electron chi connectivity index (χ0n) is 23.2. The molecular weight excluding hydrogens is 552 g/mol. The van der Waals surface area contributed by atoms with Crippen molar-refractivity contribution in [2.75, 3.05) is 12.1 Å². The number of hydrogen-bond acceptors (Lipinski definition) is 8. The van der Waals surface area contributed by atoms with Crippen LogP contribution in [0.5, 0.6) is 23.1 Å². The summed E-state index contributed by atoms with van der Waals surface area (Å²) in [5, 5.41) is 16.7. The van der Waals surface area contributed by atoms with E-state index in [1.807, 2.05) is 20.8 Å². The molecule has 0 atom stereocenters. The van der Waals surface area contributed by atoms with Gasteiger partial charge in [0.05, 0.1) is 5.54 Å². The zero-order valence-corrected chi connectivity index (χ0v) is 24.0. The van der Waals surface area contributed by atoms with Gasteiger partial charge in [-0.2, -0.15) is 5.10 Å². The summed E-state index contributed by atoms with van der Waals surface area (Å²) in [4.78, 5) is 24.2. The largest absolute Gasteiger partial charge is 0.476 e. The van der Waals surface area contributed by atoms with E-state index >= 15 is 0 Å². The molecule has 12 nitrogen and oxygen atoms in total. The van der Waals surface area contributed by atoms with Gasteiger partial charge in [0, 0.05) is 23.7 Å². The molecule has 0 radical (unpaired) electrons. The van der Waals surface area contributed by atoms with E-state index in [2.05, 4.69) is 15.1 Å². The first-order valence-electron chi connectivity index (χ1n) is 13.2. The summed E-state index contributed by atoms with van der Waals surface area (Å²) in [6.45, 7) is 7.05. The number of aromatic carboxylic acids is 1. The van der Waals surface area contributed by atoms with Crippen LogP contribution in [0.3, 0.4) is 0 Å². The maximum absolute atomic E-state index is 13.7. The monoisotopic (exact) mass is 584 g/mol. The van der Waals surface area contributed by atoms with Gasteiger partial charge in [-0.1, -0.05) is 12.5 Å². The molecule has 1 aromatic heterocycles. The standard InChI is InChI=1S/C28H32N4O8S/c1-16-24(27(34)35)31-32(28(2,3)4)26(16)40-21-11-9-19(30-25(33)18-6-5-7-18)13-23(21)41(36,37)29-14-17-8-10-20-22(12-17)39-15-38-20/h8-13,18,29H,5-7,14-15H2,1-4H3,(H,30,33)(H,34,35). The number of carbonyl (C=O) groups is 2. The van der Waals surface area contributed by atoms with Gasteiger partial charge in [0.2, 0.25) is 28.6 Å². The molecular formula is C28H32N4O8S. The SMILES string of the molecule is Cc1c(C(=O)O)nn(C(C)(C)C)c1Oc1ccc(NC(=O)C2CCC2)cc1S(=O)(=O)NCc1ccc2c(c1)OCO2. The Balaban J connectivity index is 1.50. The molecule has 2 aliphatic rings. The number of carboxylic acids is 1. The summed E-state index contributed by atoms with van der Waals surface area (Å²) in [6.07, 6.45) is 2.56. The van der Waals surface area contributed by atoms with Gasteiger partial charge in [-0.15, -0.1) is 0 Å². The summed E-state index contributed by atoms with van der Waals surface area (Å²) in [6, 6.07) is 9.43. The minimum absolute atomic E-state index is 0.0564. The van der Waals surface area contributed by atoms with E-state index in [1.54, 1.807) is 31.2 Å². The van der Waals surface area contributed by atoms with Crippen LogP contribution in [0.2, 0.25) is 0 Å². The minimum Gasteiger partial charge on any atom is -0.476 e. The Bertz CT molecular complexity index is 1620. The number of amides is 1. The van der Waals surface area contributed by atoms with Gasteiger partial charge in [0.1, 0.15) is 10.6 Å². The predicted molar refractivity (Wildman–Crippen MR) is 148 cm³/mol. The molecule has 41 heavy (non-hydrogen) atoms. The molecule has 3 N–H and O–H groups in total. The number of benzene rings is 2. The Morgan fingerprint density at radius 3 is 2.51 bits per heavy atom. The van der Waals surface area contributed by atoms with Crippen LogP contribution in [0, 0.1) is 12.8 Å². The lowest BCUT2D eigenvalue weighted by molar-refractivity contribution is -0.122. The van der Waals surface area contributed by atoms with Gasteiger partial charge in [-0.3, -0.25) is 4.79 Å². The van der Waals surface area contributed by atoms with Crippen LogP contribution in [-0.2, 0) is 26.9 Å². The molecule has 2 aromatic carbocycles. The van der Waals surface area contributed by atoms with Gasteiger partial charge in [0.15, 0.2) is 17.2 Å². The summed E-state index contributed by atoms with van der Waals surface area (Å²) >= 11 is 0. The van der Waals surface area contributed by atoms with E-state index in [0.29, 0.717) is 22.7 Å². The molecule has 13 heteroatoms. The van der Waals surface area contributed by atoms with Crippen molar-refractivity contribution in [3.8, 4) is 23.1 Å². The van der Waals surface area contributed by atoms with E-state index in [4.69, 9.17) is 14.2 Å². The summed E-state index contributed by atoms with van der Waals surface area (Å²) in [7, 11) is -4.21. The second kappa shape index (κ2) is 10.7. The number of carboxylic acid groups (broad SMARTS) is 1. The summed E-state index contributed by atoms with van der Waals surface area (Å²) < 4.78 is 48.2. The molecule has 5 rings (SSSR count). The number of rotatable bonds is 9. The molecule has 218 valence electrons. The van der Waals surface area contributed by atoms with E-state index in [0.717, 1.165) is 19.3 Å². The number of nitrogens with zero attached hydrogens (tertiary/aromatic N) is 2. The third kappa shape index (κ3) is 5.86. The number of carbonyl (C=O) groups excluding carboxylic acids is 1. The normalized spacial score (nSPS) is 14.9. The highest BCUT2D eigenvalue weighted by Crippen LogP contribution is 2.37. The van der Waals surface area contributed by atoms with Gasteiger partial charge >= 0.3 is 5.97 Å². The lowest BCUT2D eigenvalue weighted by atomic mass is 9.85. The predicted octanol–water partition coefficient (Wildman–Crippen LogP) is 4.38. The third-order valence-corrected chi connectivity index (χ3v) is 8.42. The Morgan fingerprint density at radius 1 is 1.12 bits per heavy atom. The van der Waals surface area contributed by atoms with Gasteiger partial charge in [-0.25, -0.2) is 22.6 Å². The summed E-state index contributed by atoms with van der Waals surface area (Å²) in [5.74, 6) is -0.380. The van der Waals surface area contributed by atoms with Crippen LogP contribution in [-0.4, -0.2) is 42.0 Å². The van der Waals surface area contributed by atoms with Crippen LogP contribution in [0.1, 0.15) is 61.6 Å². The molecule has 1 saturated carbocycles. The van der Waals surface area contributed by atoms with Crippen LogP contribution in [0.25, 0.3) is 0 Å². The first kappa shape index (κ1) is 28.4. The van der Waals surface area contributed by atoms with Gasteiger partial charge in [0.25, 0.3) is 0 Å². The number of hydrogen-bond donors (Lipinski definition) is 3. The second-order valence-corrected chi connectivity index (χ2v) is 12.8. The minimum atomic E-state index is -4.21. The van der Waals surface area contributed by atoms with Crippen molar-refractivity contribution in [3.05, 3.63) is 53.2 Å². The molecule has 2 heterocycles. The molecule has 1 aliphatic carbocycles. The lowest BCUT2D eigenvalue weighted by Gasteiger charge is -2.24. The molecule has 1 aliphatic heterocycles. The number of nitrogens with one attached hydrogen (secondary N) is 2. The quantitative estimate of drug-likeness (QED) is 0.332. The fraction of sp³-hybridized carbons (Fsp3) is 0.393. The average Bonchev–Trinajstić information content (AvgIpc) is 3.46. The van der Waals surface area contributed by atoms with Crippen molar-refractivity contribution in [3.63, 3.8) is 0 Å². The fourth-order valence-electron chi connectivity index (χ4n) is 4.46. The third-order valence-electron chi connectivity index (χ3n) is 6.99. The first-order valence-corrected chi connectivity index (χ1v) is 14.7. The molecule has 0 saturated heterocycles. The number of aromatic nitrogens is 2. The van der Waals surface area contributed by atoms with Crippen molar-refractivity contribution in [1.82, 2.24) is 14.5 Å². The summed E-state index contributed by atoms with van der Waals surface area (Å²) in [5.41, 5.74) is 0.296. The highest BCUT2D eigenvalue weighted by Gasteiger charge is 2.30. The average molecular weight is 585 g/mol. The number of sulfonamides is 1. The second-order valence-electron chi connectivity index (χ2n) is 11.1. The maximum atomic E-state index is 13.7. The van der Waals surface area contributed by atoms with Crippen LogP contribution in [0.4, 0.5) is 5.69 Å². The van der Waals surface area contributed by atoms with Crippen LogP contribution < -0.4 is 24.2 Å². The van der Waals surface area contributed by atoms with Crippen molar-refractivity contribution in [2.45, 2.75) is 63.9 Å². The Hall–Kier alpha value is -4.10. The highest BCUT2D eigenvalue weighted by atomic mass is 32.2. The van der Waals surface area contributed by atoms with Crippen molar-refractivity contribution in [1.29, 1.82) is 0 Å². The van der Waals surface area contributed by atoms with Gasteiger partial charge < -0.3 is 24.6 Å². The Morgan fingerprint density at radius 2 is 1.85 bits per heavy atom. The van der Waals surface area contributed by atoms with Crippen molar-refractivity contribution in [2.24, 2.45) is 5.92 Å². The molecule has 1 amide bonds. The van der Waals surface area contributed by atoms with Crippen LogP contribution in [0.15, 0.2) is 41.3 Å². The maximum Gasteiger partial charge on any atom is 0.356 e. The molecule has 0 spiro atoms. The van der Waals surface area contributed by atoms with E-state index in [9.17, 15) is 23.1 Å². The lowest BCUT2D eigenvalue weighted by Crippen LogP contribution is -2.28. The van der Waals surface area contributed by atoms with E-state index < -0.39 is 21.5 Å². The van der Waals surface area contributed by atoms with Crippen molar-refractivity contribution >= 4 is 27.6 Å². The molecule has 3 aromatic rings. The van der Waals surface area contributed by atoms with E-state index in [1.165, 1.54) is 16.8 Å². The Labute approximate surface area is 237 Å². The molecule has 0 bridgehead atoms. The first-order chi connectivity index (χ1) is 19.3.